The molecule has 6 nitrogen and oxygen atoms in total. The van der Waals surface area contributed by atoms with Crippen LogP contribution in [0.5, 0.6) is 0 Å². The smallest absolute Gasteiger partial charge is 0.304 e. The van der Waals surface area contributed by atoms with Crippen molar-refractivity contribution >= 4 is 35.5 Å². The van der Waals surface area contributed by atoms with Crippen molar-refractivity contribution in [2.75, 3.05) is 0 Å². The summed E-state index contributed by atoms with van der Waals surface area (Å²) in [5, 5.41) is 4.09. The van der Waals surface area contributed by atoms with E-state index < -0.39 is 10.8 Å². The molecule has 0 bridgehead atoms. The van der Waals surface area contributed by atoms with Crippen molar-refractivity contribution in [2.45, 2.75) is 171 Å². The fraction of sp³-hybridized carbons (Fsp3) is 0.720. The summed E-state index contributed by atoms with van der Waals surface area (Å²) in [6.07, 6.45) is 15.4. The minimum Gasteiger partial charge on any atom is -0.541 e. The summed E-state index contributed by atoms with van der Waals surface area (Å²) in [6, 6.07) is 7.83. The zero-order valence-electron chi connectivity index (χ0n) is 37.2. The number of esters is 1. The van der Waals surface area contributed by atoms with Crippen LogP contribution in [0.2, 0.25) is 5.02 Å². The maximum Gasteiger partial charge on any atom is 0.304 e. The Bertz CT molecular complexity index is 1910. The number of ether oxygens (including phenoxy) is 1. The molecule has 0 aliphatic heterocycles. The molecule has 6 aliphatic carbocycles. The van der Waals surface area contributed by atoms with Crippen LogP contribution in [0.4, 0.5) is 0 Å². The molecule has 1 aromatic carbocycles. The molecular weight excluding hydrogens is 826 g/mol. The zero-order valence-corrected chi connectivity index (χ0v) is 40.0. The van der Waals surface area contributed by atoms with Gasteiger partial charge in [0.15, 0.2) is 5.78 Å². The number of benzene rings is 1. The van der Waals surface area contributed by atoms with Gasteiger partial charge in [0.05, 0.1) is 5.54 Å². The van der Waals surface area contributed by atoms with E-state index in [1.165, 1.54) is 5.57 Å². The van der Waals surface area contributed by atoms with Crippen molar-refractivity contribution in [3.63, 3.8) is 0 Å². The molecule has 0 radical (unpaired) electrons. The van der Waals surface area contributed by atoms with Crippen LogP contribution < -0.4 is 5.32 Å². The molecule has 58 heavy (non-hydrogen) atoms. The molecule has 1 amide bonds. The third-order valence-corrected chi connectivity index (χ3v) is 18.4. The summed E-state index contributed by atoms with van der Waals surface area (Å²) in [5.41, 5.74) is 2.33. The monoisotopic (exact) mass is 896 g/mol. The van der Waals surface area contributed by atoms with Crippen LogP contribution in [0.15, 0.2) is 47.1 Å². The summed E-state index contributed by atoms with van der Waals surface area (Å²) in [7, 11) is 0. The fourth-order valence-electron chi connectivity index (χ4n) is 14.8. The quantitative estimate of drug-likeness (QED) is 0.109. The second-order valence-electron chi connectivity index (χ2n) is 21.9. The van der Waals surface area contributed by atoms with Crippen LogP contribution in [0, 0.1) is 55.7 Å². The predicted octanol–water partition coefficient (Wildman–Crippen LogP) is 11.6. The van der Waals surface area contributed by atoms with E-state index in [2.05, 4.69) is 66.8 Å². The second kappa shape index (κ2) is 15.1. The zero-order chi connectivity index (χ0) is 41.8. The first-order valence-corrected chi connectivity index (χ1v) is 22.5. The summed E-state index contributed by atoms with van der Waals surface area (Å²) < 4.78 is 6.35. The Morgan fingerprint density at radius 1 is 0.931 bits per heavy atom. The standard InChI is InChI=1S/C50H69ClNO5.Mo/c1-12-50-26-22-46(10)37(47(50,11)20-19-38(44(50,7)8)57-39(55)29-43(5,6)30-53)18-17-35-41-40(31(2)3)36(54)28-48(41,23-21-45(35,46)9)27-32(4)42(56)52-49(24-25-49)33-13-15-34(51)16-14-33;/h13-16,27,31,35,37-38H,12,17-26,28-29H2,1-11H3,(H,52,56);/q-1;/b32-27+;/t35-,37+,38+,45-,46-,47-,48-,50-;/m1./s1. The molecule has 5 fully saturated rings. The molecule has 5 saturated carbocycles. The largest absolute Gasteiger partial charge is 0.541 e. The first-order valence-electron chi connectivity index (χ1n) is 22.2. The minimum atomic E-state index is -0.863. The number of hydrogen-bond donors (Lipinski definition) is 1. The van der Waals surface area contributed by atoms with E-state index in [9.17, 15) is 19.2 Å². The maximum absolute atomic E-state index is 14.3. The predicted molar refractivity (Wildman–Crippen MR) is 227 cm³/mol. The van der Waals surface area contributed by atoms with Crippen molar-refractivity contribution < 1.29 is 45.0 Å². The number of halogens is 1. The molecule has 0 unspecified atom stereocenters. The van der Waals surface area contributed by atoms with Gasteiger partial charge in [-0.2, -0.15) is 0 Å². The number of allylic oxidation sites excluding steroid dienone is 3. The van der Waals surface area contributed by atoms with E-state index in [1.807, 2.05) is 37.5 Å². The third kappa shape index (κ3) is 6.64. The van der Waals surface area contributed by atoms with Gasteiger partial charge in [-0.3, -0.25) is 20.7 Å². The summed E-state index contributed by atoms with van der Waals surface area (Å²) in [4.78, 5) is 53.2. The van der Waals surface area contributed by atoms with Gasteiger partial charge in [-0.05, 0) is 146 Å². The van der Waals surface area contributed by atoms with E-state index in [4.69, 9.17) is 16.3 Å². The van der Waals surface area contributed by atoms with Crippen LogP contribution in [0.3, 0.4) is 0 Å². The van der Waals surface area contributed by atoms with Gasteiger partial charge in [0.2, 0.25) is 5.91 Å². The van der Waals surface area contributed by atoms with Crippen molar-refractivity contribution in [2.24, 2.45) is 55.7 Å². The van der Waals surface area contributed by atoms with E-state index in [0.717, 1.165) is 81.8 Å². The molecule has 318 valence electrons. The summed E-state index contributed by atoms with van der Waals surface area (Å²) in [5.74, 6) is 0.800. The number of amides is 1. The van der Waals surface area contributed by atoms with Gasteiger partial charge in [-0.25, -0.2) is 0 Å². The first-order chi connectivity index (χ1) is 26.5. The minimum absolute atomic E-state index is 0. The molecule has 0 spiro atoms. The number of carbonyl (C=O) groups is 3. The molecule has 0 aromatic heterocycles. The number of carbonyl (C=O) groups excluding carboxylic acids is 4. The maximum atomic E-state index is 14.3. The summed E-state index contributed by atoms with van der Waals surface area (Å²) in [6.45, 7) is 24.6. The third-order valence-electron chi connectivity index (χ3n) is 18.2. The Labute approximate surface area is 368 Å². The van der Waals surface area contributed by atoms with E-state index in [0.29, 0.717) is 22.9 Å². The number of nitrogens with one attached hydrogen (secondary N) is 1. The molecule has 0 saturated heterocycles. The molecule has 1 N–H and O–H groups in total. The topological polar surface area (TPSA) is 89.5 Å². The Balaban J connectivity index is 0.00000567. The Kier molecular flexibility index (Phi) is 11.8. The number of hydrogen-bond acceptors (Lipinski definition) is 5. The van der Waals surface area contributed by atoms with Gasteiger partial charge in [-0.1, -0.05) is 99.0 Å². The van der Waals surface area contributed by atoms with Crippen molar-refractivity contribution in [3.05, 3.63) is 57.6 Å². The number of ketones is 1. The van der Waals surface area contributed by atoms with Gasteiger partial charge in [0.1, 0.15) is 6.10 Å². The Morgan fingerprint density at radius 2 is 1.57 bits per heavy atom. The van der Waals surface area contributed by atoms with Gasteiger partial charge in [0.25, 0.3) is 0 Å². The van der Waals surface area contributed by atoms with Crippen LogP contribution in [-0.2, 0) is 50.5 Å². The van der Waals surface area contributed by atoms with Crippen LogP contribution in [0.1, 0.15) is 165 Å². The molecule has 6 aliphatic rings. The molecular formula is C50H69ClMoNO5-. The van der Waals surface area contributed by atoms with Gasteiger partial charge in [-0.15, -0.1) is 5.41 Å². The first kappa shape index (κ1) is 45.5. The average molecular weight is 895 g/mol. The Hall–Kier alpha value is -2.04. The molecule has 1 aromatic rings. The van der Waals surface area contributed by atoms with E-state index in [1.54, 1.807) is 13.8 Å². The van der Waals surface area contributed by atoms with Crippen molar-refractivity contribution in [1.82, 2.24) is 5.32 Å². The average Bonchev–Trinajstić information content (AvgIpc) is 3.85. The molecule has 7 rings (SSSR count). The van der Waals surface area contributed by atoms with E-state index in [-0.39, 0.29) is 95.7 Å². The van der Waals surface area contributed by atoms with Crippen LogP contribution >= 0.6 is 11.6 Å². The van der Waals surface area contributed by atoms with Gasteiger partial charge >= 0.3 is 5.97 Å². The van der Waals surface area contributed by atoms with Gasteiger partial charge < -0.3 is 14.8 Å². The summed E-state index contributed by atoms with van der Waals surface area (Å²) >= 11 is 6.20. The van der Waals surface area contributed by atoms with Crippen molar-refractivity contribution in [3.8, 4) is 0 Å². The fourth-order valence-corrected chi connectivity index (χ4v) is 14.9. The van der Waals surface area contributed by atoms with Crippen molar-refractivity contribution in [1.29, 1.82) is 0 Å². The van der Waals surface area contributed by atoms with Crippen LogP contribution in [0.25, 0.3) is 0 Å². The molecule has 8 atom stereocenters. The van der Waals surface area contributed by atoms with Crippen LogP contribution in [-0.4, -0.2) is 30.0 Å². The molecule has 8 heteroatoms. The second-order valence-corrected chi connectivity index (χ2v) is 22.3. The van der Waals surface area contributed by atoms with E-state index >= 15 is 0 Å². The SMILES string of the molecule is CC[C@]12CC[C@]3(C)[C@H](CC[C@@H]4C5=C(C(C)C)C(=O)C[C@]5(/C=C(\C)C(=O)NC5(c6ccc(Cl)cc6)CC5)CC[C@]43C)[C@@]1(C)CC[C@H](OC(=O)CC(C)(C)[C-]=O)C2(C)C.[Mo]. The Morgan fingerprint density at radius 3 is 2.16 bits per heavy atom. The normalized spacial score (nSPS) is 37.4. The number of rotatable bonds is 10. The molecule has 0 heterocycles. The van der Waals surface area contributed by atoms with Gasteiger partial charge in [0, 0.05) is 55.3 Å². The number of Topliss-reactive ketones (excluding diaryl/α,β-unsaturated/α-hetero) is 1. The number of fused-ring (bicyclic) bond motifs is 7.